The van der Waals surface area contributed by atoms with Gasteiger partial charge in [0.05, 0.1) is 11.1 Å². The van der Waals surface area contributed by atoms with Crippen molar-refractivity contribution in [1.82, 2.24) is 20.6 Å². The standard InChI is InChI=1S/C26H30FN5O3/c27-19-2-1-3-20(13-19)31-26-30-16-18-12-22(25(33)29-15-17-6-10-34-11-7-17)24(14-23(18)32-26)35-21-4-8-28-9-5-21/h1-3,12-14,16-17,21,28H,4-11,15H2,(H,29,33)(H,30,31,32). The average molecular weight is 480 g/mol. The van der Waals surface area contributed by atoms with E-state index < -0.39 is 0 Å². The fraction of sp³-hybridized carbons (Fsp3) is 0.423. The lowest BCUT2D eigenvalue weighted by Crippen LogP contribution is -2.35. The third-order valence-corrected chi connectivity index (χ3v) is 6.48. The molecule has 5 rings (SSSR count). The van der Waals surface area contributed by atoms with Crippen molar-refractivity contribution in [3.05, 3.63) is 54.0 Å². The molecule has 8 nitrogen and oxygen atoms in total. The van der Waals surface area contributed by atoms with Gasteiger partial charge in [-0.1, -0.05) is 6.07 Å². The van der Waals surface area contributed by atoms with Crippen molar-refractivity contribution < 1.29 is 18.7 Å². The van der Waals surface area contributed by atoms with Crippen LogP contribution in [0.4, 0.5) is 16.0 Å². The molecule has 2 saturated heterocycles. The van der Waals surface area contributed by atoms with Crippen LogP contribution in [-0.4, -0.2) is 54.8 Å². The maximum Gasteiger partial charge on any atom is 0.255 e. The van der Waals surface area contributed by atoms with Crippen LogP contribution in [0.3, 0.4) is 0 Å². The number of amides is 1. The minimum absolute atomic E-state index is 0.0301. The van der Waals surface area contributed by atoms with Gasteiger partial charge in [-0.3, -0.25) is 4.79 Å². The van der Waals surface area contributed by atoms with Gasteiger partial charge in [0, 0.05) is 43.1 Å². The minimum atomic E-state index is -0.343. The molecule has 1 amide bonds. The highest BCUT2D eigenvalue weighted by molar-refractivity contribution is 6.01. The van der Waals surface area contributed by atoms with Crippen LogP contribution >= 0.6 is 0 Å². The molecule has 0 bridgehead atoms. The fourth-order valence-electron chi connectivity index (χ4n) is 4.47. The molecule has 2 aromatic carbocycles. The molecule has 2 aliphatic rings. The van der Waals surface area contributed by atoms with Crippen molar-refractivity contribution in [3.63, 3.8) is 0 Å². The van der Waals surface area contributed by atoms with Gasteiger partial charge in [0.2, 0.25) is 5.95 Å². The van der Waals surface area contributed by atoms with Crippen LogP contribution in [0.25, 0.3) is 10.9 Å². The lowest BCUT2D eigenvalue weighted by atomic mass is 10.00. The van der Waals surface area contributed by atoms with E-state index in [0.717, 1.165) is 57.4 Å². The van der Waals surface area contributed by atoms with E-state index in [9.17, 15) is 9.18 Å². The summed E-state index contributed by atoms with van der Waals surface area (Å²) in [6.45, 7) is 3.86. The SMILES string of the molecule is O=C(NCC1CCOCC1)c1cc2cnc(Nc3cccc(F)c3)nc2cc1OC1CCNCC1. The van der Waals surface area contributed by atoms with Crippen LogP contribution in [0, 0.1) is 11.7 Å². The number of anilines is 2. The number of fused-ring (bicyclic) bond motifs is 1. The van der Waals surface area contributed by atoms with Gasteiger partial charge in [-0.05, 0) is 69.0 Å². The van der Waals surface area contributed by atoms with Crippen molar-refractivity contribution in [1.29, 1.82) is 0 Å². The Morgan fingerprint density at radius 2 is 1.97 bits per heavy atom. The summed E-state index contributed by atoms with van der Waals surface area (Å²) in [5.41, 5.74) is 1.68. The number of ether oxygens (including phenoxy) is 2. The molecule has 3 heterocycles. The smallest absolute Gasteiger partial charge is 0.255 e. The molecule has 3 aromatic rings. The third-order valence-electron chi connectivity index (χ3n) is 6.48. The minimum Gasteiger partial charge on any atom is -0.489 e. The fourth-order valence-corrected chi connectivity index (χ4v) is 4.47. The molecule has 2 fully saturated rings. The van der Waals surface area contributed by atoms with Crippen LogP contribution in [0.5, 0.6) is 5.75 Å². The maximum atomic E-state index is 13.6. The monoisotopic (exact) mass is 479 g/mol. The lowest BCUT2D eigenvalue weighted by Gasteiger charge is -2.25. The molecule has 35 heavy (non-hydrogen) atoms. The number of hydrogen-bond donors (Lipinski definition) is 3. The molecule has 2 aliphatic heterocycles. The summed E-state index contributed by atoms with van der Waals surface area (Å²) in [6, 6.07) is 9.72. The Hall–Kier alpha value is -3.30. The van der Waals surface area contributed by atoms with Gasteiger partial charge < -0.3 is 25.4 Å². The zero-order valence-corrected chi connectivity index (χ0v) is 19.6. The van der Waals surface area contributed by atoms with E-state index in [2.05, 4.69) is 25.9 Å². The van der Waals surface area contributed by atoms with Crippen molar-refractivity contribution in [3.8, 4) is 5.75 Å². The largest absolute Gasteiger partial charge is 0.489 e. The summed E-state index contributed by atoms with van der Waals surface area (Å²) in [5.74, 6) is 0.771. The van der Waals surface area contributed by atoms with E-state index in [4.69, 9.17) is 9.47 Å². The molecular formula is C26H30FN5O3. The van der Waals surface area contributed by atoms with Gasteiger partial charge in [0.15, 0.2) is 0 Å². The Kier molecular flexibility index (Phi) is 7.34. The summed E-state index contributed by atoms with van der Waals surface area (Å²) in [7, 11) is 0. The van der Waals surface area contributed by atoms with Crippen molar-refractivity contribution in [2.45, 2.75) is 31.8 Å². The van der Waals surface area contributed by atoms with Crippen molar-refractivity contribution in [2.24, 2.45) is 5.92 Å². The van der Waals surface area contributed by atoms with Crippen LogP contribution in [-0.2, 0) is 4.74 Å². The van der Waals surface area contributed by atoms with Gasteiger partial charge in [-0.2, -0.15) is 0 Å². The second-order valence-corrected chi connectivity index (χ2v) is 9.07. The Morgan fingerprint density at radius 1 is 1.14 bits per heavy atom. The van der Waals surface area contributed by atoms with E-state index in [1.807, 2.05) is 0 Å². The summed E-state index contributed by atoms with van der Waals surface area (Å²) < 4.78 is 25.3. The van der Waals surface area contributed by atoms with Gasteiger partial charge in [0.1, 0.15) is 17.7 Å². The summed E-state index contributed by atoms with van der Waals surface area (Å²) >= 11 is 0. The second-order valence-electron chi connectivity index (χ2n) is 9.07. The number of halogens is 1. The first-order valence-electron chi connectivity index (χ1n) is 12.2. The molecule has 0 spiro atoms. The molecule has 3 N–H and O–H groups in total. The van der Waals surface area contributed by atoms with Crippen molar-refractivity contribution >= 4 is 28.4 Å². The highest BCUT2D eigenvalue weighted by Gasteiger charge is 2.22. The zero-order valence-electron chi connectivity index (χ0n) is 19.6. The van der Waals surface area contributed by atoms with E-state index in [0.29, 0.717) is 40.9 Å². The number of hydrogen-bond acceptors (Lipinski definition) is 7. The van der Waals surface area contributed by atoms with E-state index in [-0.39, 0.29) is 17.8 Å². The second kappa shape index (κ2) is 11.0. The number of aromatic nitrogens is 2. The van der Waals surface area contributed by atoms with Crippen LogP contribution in [0.15, 0.2) is 42.6 Å². The van der Waals surface area contributed by atoms with E-state index in [1.165, 1.54) is 12.1 Å². The third kappa shape index (κ3) is 6.04. The molecule has 184 valence electrons. The molecule has 0 unspecified atom stereocenters. The zero-order chi connectivity index (χ0) is 24.0. The highest BCUT2D eigenvalue weighted by atomic mass is 19.1. The molecule has 0 aliphatic carbocycles. The van der Waals surface area contributed by atoms with Crippen LogP contribution < -0.4 is 20.7 Å². The Bertz CT molecular complexity index is 1180. The number of benzene rings is 2. The predicted octanol–water partition coefficient (Wildman–Crippen LogP) is 3.80. The quantitative estimate of drug-likeness (QED) is 0.474. The molecule has 0 radical (unpaired) electrons. The number of carbonyl (C=O) groups excluding carboxylic acids is 1. The lowest BCUT2D eigenvalue weighted by molar-refractivity contribution is 0.0641. The summed E-state index contributed by atoms with van der Waals surface area (Å²) in [6.07, 6.45) is 5.33. The van der Waals surface area contributed by atoms with Gasteiger partial charge in [-0.25, -0.2) is 14.4 Å². The number of carbonyl (C=O) groups is 1. The number of piperidine rings is 1. The Labute approximate surface area is 203 Å². The van der Waals surface area contributed by atoms with Crippen molar-refractivity contribution in [2.75, 3.05) is 38.2 Å². The maximum absolute atomic E-state index is 13.6. The van der Waals surface area contributed by atoms with Gasteiger partial charge in [0.25, 0.3) is 5.91 Å². The van der Waals surface area contributed by atoms with E-state index in [1.54, 1.807) is 30.5 Å². The molecule has 0 saturated carbocycles. The average Bonchev–Trinajstić information content (AvgIpc) is 2.88. The number of rotatable bonds is 7. The summed E-state index contributed by atoms with van der Waals surface area (Å²) in [4.78, 5) is 22.2. The molecular weight excluding hydrogens is 449 g/mol. The topological polar surface area (TPSA) is 97.4 Å². The van der Waals surface area contributed by atoms with E-state index >= 15 is 0 Å². The Balaban J connectivity index is 1.40. The first-order valence-corrected chi connectivity index (χ1v) is 12.2. The number of nitrogens with one attached hydrogen (secondary N) is 3. The summed E-state index contributed by atoms with van der Waals surface area (Å²) in [5, 5.41) is 10.2. The normalized spacial score (nSPS) is 17.3. The number of nitrogens with zero attached hydrogens (tertiary/aromatic N) is 2. The van der Waals surface area contributed by atoms with Gasteiger partial charge >= 0.3 is 0 Å². The van der Waals surface area contributed by atoms with Crippen LogP contribution in [0.2, 0.25) is 0 Å². The van der Waals surface area contributed by atoms with Gasteiger partial charge in [-0.15, -0.1) is 0 Å². The first kappa shape index (κ1) is 23.4. The molecule has 9 heteroatoms. The molecule has 1 aromatic heterocycles. The first-order chi connectivity index (χ1) is 17.1. The molecule has 0 atom stereocenters. The Morgan fingerprint density at radius 3 is 2.77 bits per heavy atom. The predicted molar refractivity (Wildman–Crippen MR) is 132 cm³/mol. The highest BCUT2D eigenvalue weighted by Crippen LogP contribution is 2.28. The van der Waals surface area contributed by atoms with Crippen LogP contribution in [0.1, 0.15) is 36.0 Å².